The zero-order valence-electron chi connectivity index (χ0n) is 10.4. The molecular formula is C6H6F3Li2NO3S. The quantitative estimate of drug-likeness (QED) is 0.515. The molecule has 0 saturated carbocycles. The summed E-state index contributed by atoms with van der Waals surface area (Å²) in [6.07, 6.45) is -6.78. The molecule has 10 heteroatoms. The fraction of sp³-hybridized carbons (Fsp3) is 0.333. The number of aliphatic hydroxyl groups excluding tert-OH is 1. The number of carboxylic acid groups (broad SMARTS) is 1. The van der Waals surface area contributed by atoms with Crippen molar-refractivity contribution in [3.63, 3.8) is 0 Å². The van der Waals surface area contributed by atoms with Gasteiger partial charge in [-0.15, -0.1) is 11.3 Å². The van der Waals surface area contributed by atoms with Crippen LogP contribution < -0.4 is 37.7 Å². The molecule has 0 bridgehead atoms. The molecule has 0 aliphatic carbocycles. The molecule has 0 aliphatic heterocycles. The first-order valence-corrected chi connectivity index (χ1v) is 4.08. The van der Waals surface area contributed by atoms with Gasteiger partial charge in [0.1, 0.15) is 0 Å². The molecule has 0 fully saturated rings. The molecule has 0 aromatic carbocycles. The Kier molecular flexibility index (Phi) is 7.71. The fourth-order valence-corrected chi connectivity index (χ4v) is 1.44. The molecule has 2 N–H and O–H groups in total. The van der Waals surface area contributed by atoms with Gasteiger partial charge in [-0.25, -0.2) is 9.78 Å². The normalized spacial score (nSPS) is 12.2. The van der Waals surface area contributed by atoms with E-state index in [0.29, 0.717) is 17.5 Å². The summed E-state index contributed by atoms with van der Waals surface area (Å²) in [6, 6.07) is 0. The second-order valence-corrected chi connectivity index (χ2v) is 3.38. The van der Waals surface area contributed by atoms with Crippen molar-refractivity contribution in [2.45, 2.75) is 12.3 Å². The fourth-order valence-electron chi connectivity index (χ4n) is 0.673. The van der Waals surface area contributed by atoms with Gasteiger partial charge in [-0.2, -0.15) is 13.2 Å². The van der Waals surface area contributed by atoms with E-state index < -0.39 is 28.1 Å². The first-order valence-electron chi connectivity index (χ1n) is 3.26. The Hall–Kier alpha value is 0.0448. The van der Waals surface area contributed by atoms with E-state index in [-0.39, 0.29) is 40.6 Å². The second-order valence-electron chi connectivity index (χ2n) is 2.32. The van der Waals surface area contributed by atoms with Crippen molar-refractivity contribution in [3.05, 3.63) is 16.1 Å². The predicted molar refractivity (Wildman–Crippen MR) is 42.3 cm³/mol. The van der Waals surface area contributed by atoms with Crippen molar-refractivity contribution < 1.29 is 68.8 Å². The van der Waals surface area contributed by atoms with E-state index in [9.17, 15) is 18.0 Å². The molecule has 1 aromatic rings. The summed E-state index contributed by atoms with van der Waals surface area (Å²) in [7, 11) is 0. The number of alkyl halides is 3. The molecule has 1 unspecified atom stereocenters. The van der Waals surface area contributed by atoms with Crippen LogP contribution in [0.25, 0.3) is 0 Å². The molecule has 1 rings (SSSR count). The van der Waals surface area contributed by atoms with Crippen molar-refractivity contribution in [3.8, 4) is 0 Å². The molecule has 0 amide bonds. The van der Waals surface area contributed by atoms with Crippen LogP contribution in [0.1, 0.15) is 23.6 Å². The minimum atomic E-state index is -4.80. The first kappa shape index (κ1) is 18.4. The third-order valence-corrected chi connectivity index (χ3v) is 2.32. The van der Waals surface area contributed by atoms with E-state index in [1.807, 2.05) is 0 Å². The SMILES string of the molecule is O=C(O)c1ncc(C(O)C(F)(F)F)s1.[H-].[H-].[Li+].[Li+]. The third-order valence-electron chi connectivity index (χ3n) is 1.29. The Morgan fingerprint density at radius 3 is 2.31 bits per heavy atom. The Morgan fingerprint density at radius 1 is 1.50 bits per heavy atom. The molecule has 0 radical (unpaired) electrons. The number of aliphatic hydroxyl groups is 1. The van der Waals surface area contributed by atoms with Crippen LogP contribution in [0.2, 0.25) is 0 Å². The molecule has 0 aliphatic rings. The van der Waals surface area contributed by atoms with Gasteiger partial charge in [0, 0.05) is 6.20 Å². The van der Waals surface area contributed by atoms with E-state index >= 15 is 0 Å². The Bertz CT molecular complexity index is 366. The van der Waals surface area contributed by atoms with Crippen molar-refractivity contribution in [1.29, 1.82) is 0 Å². The monoisotopic (exact) mass is 243 g/mol. The van der Waals surface area contributed by atoms with Gasteiger partial charge in [0.05, 0.1) is 4.88 Å². The van der Waals surface area contributed by atoms with Gasteiger partial charge in [-0.1, -0.05) is 0 Å². The largest absolute Gasteiger partial charge is 1.00 e. The number of carboxylic acids is 1. The number of thiazole rings is 1. The van der Waals surface area contributed by atoms with Gasteiger partial charge in [0.2, 0.25) is 5.01 Å². The van der Waals surface area contributed by atoms with Crippen molar-refractivity contribution in [2.24, 2.45) is 0 Å². The van der Waals surface area contributed by atoms with Crippen LogP contribution >= 0.6 is 11.3 Å². The molecule has 1 heterocycles. The number of nitrogens with zero attached hydrogens (tertiary/aromatic N) is 1. The number of aromatic nitrogens is 1. The topological polar surface area (TPSA) is 70.4 Å². The van der Waals surface area contributed by atoms with Gasteiger partial charge < -0.3 is 13.1 Å². The minimum Gasteiger partial charge on any atom is -1.00 e. The molecule has 0 spiro atoms. The maximum Gasteiger partial charge on any atom is 1.00 e. The average molecular weight is 243 g/mol. The molecule has 16 heavy (non-hydrogen) atoms. The Labute approximate surface area is 119 Å². The van der Waals surface area contributed by atoms with E-state index in [2.05, 4.69) is 4.98 Å². The number of halogens is 3. The van der Waals surface area contributed by atoms with Crippen LogP contribution in [0.4, 0.5) is 13.2 Å². The van der Waals surface area contributed by atoms with Gasteiger partial charge in [0.15, 0.2) is 6.10 Å². The summed E-state index contributed by atoms with van der Waals surface area (Å²) >= 11 is 0.295. The van der Waals surface area contributed by atoms with Crippen LogP contribution in [0, 0.1) is 0 Å². The predicted octanol–water partition coefficient (Wildman–Crippen LogP) is -4.33. The summed E-state index contributed by atoms with van der Waals surface area (Å²) in [5, 5.41) is 16.6. The van der Waals surface area contributed by atoms with Crippen LogP contribution in [0.3, 0.4) is 0 Å². The Balaban J connectivity index is -0.000000245. The zero-order chi connectivity index (χ0) is 10.9. The number of hydrogen-bond acceptors (Lipinski definition) is 4. The van der Waals surface area contributed by atoms with Gasteiger partial charge in [0.25, 0.3) is 0 Å². The van der Waals surface area contributed by atoms with Crippen LogP contribution in [-0.4, -0.2) is 27.3 Å². The molecule has 0 saturated heterocycles. The van der Waals surface area contributed by atoms with Crippen LogP contribution in [-0.2, 0) is 0 Å². The first-order chi connectivity index (χ1) is 6.32. The summed E-state index contributed by atoms with van der Waals surface area (Å²) < 4.78 is 35.8. The van der Waals surface area contributed by atoms with Crippen LogP contribution in [0.15, 0.2) is 6.20 Å². The van der Waals surface area contributed by atoms with Crippen molar-refractivity contribution in [1.82, 2.24) is 4.98 Å². The third kappa shape index (κ3) is 4.50. The summed E-state index contributed by atoms with van der Waals surface area (Å²) in [5.74, 6) is -1.42. The standard InChI is InChI=1S/C6H4F3NO3S.2Li.2H/c7-6(8,9)3(11)2-1-10-4(14-2)5(12)13;;;;/h1,3,11H,(H,12,13);;;;/q;2*+1;2*-1. The van der Waals surface area contributed by atoms with Gasteiger partial charge in [-0.3, -0.25) is 0 Å². The second kappa shape index (κ2) is 6.70. The number of hydrogen-bond donors (Lipinski definition) is 2. The Morgan fingerprint density at radius 2 is 2.00 bits per heavy atom. The molecule has 1 atom stereocenters. The summed E-state index contributed by atoms with van der Waals surface area (Å²) in [4.78, 5) is 12.9. The van der Waals surface area contributed by atoms with E-state index in [4.69, 9.17) is 10.2 Å². The van der Waals surface area contributed by atoms with Gasteiger partial charge in [-0.05, 0) is 0 Å². The minimum absolute atomic E-state index is 0. The summed E-state index contributed by atoms with van der Waals surface area (Å²) in [6.45, 7) is 0. The van der Waals surface area contributed by atoms with E-state index in [0.717, 1.165) is 0 Å². The van der Waals surface area contributed by atoms with Crippen molar-refractivity contribution in [2.75, 3.05) is 0 Å². The number of carbonyl (C=O) groups is 1. The summed E-state index contributed by atoms with van der Waals surface area (Å²) in [5.41, 5.74) is 0. The smallest absolute Gasteiger partial charge is 1.00 e. The maximum atomic E-state index is 11.9. The average Bonchev–Trinajstić information content (AvgIpc) is 2.48. The zero-order valence-corrected chi connectivity index (χ0v) is 9.26. The molecular weight excluding hydrogens is 237 g/mol. The number of aromatic carboxylic acids is 1. The van der Waals surface area contributed by atoms with Crippen molar-refractivity contribution >= 4 is 17.3 Å². The number of rotatable bonds is 2. The van der Waals surface area contributed by atoms with Crippen LogP contribution in [0.5, 0.6) is 0 Å². The molecule has 82 valence electrons. The molecule has 4 nitrogen and oxygen atoms in total. The van der Waals surface area contributed by atoms with E-state index in [1.165, 1.54) is 0 Å². The molecule has 1 aromatic heterocycles. The van der Waals surface area contributed by atoms with E-state index in [1.54, 1.807) is 0 Å². The maximum absolute atomic E-state index is 11.9. The van der Waals surface area contributed by atoms with Gasteiger partial charge >= 0.3 is 49.9 Å².